The predicted molar refractivity (Wildman–Crippen MR) is 82.8 cm³/mol. The Bertz CT molecular complexity index is 676. The van der Waals surface area contributed by atoms with E-state index in [9.17, 15) is 9.59 Å². The lowest BCUT2D eigenvalue weighted by Crippen LogP contribution is -2.31. The SMILES string of the molecule is CN(C(=O)Nc1cc(C(=O)O)ccc1Br)c1cccnc1. The van der Waals surface area contributed by atoms with E-state index in [1.165, 1.54) is 17.0 Å². The van der Waals surface area contributed by atoms with Gasteiger partial charge in [-0.25, -0.2) is 9.59 Å². The number of halogens is 1. The highest BCUT2D eigenvalue weighted by molar-refractivity contribution is 9.10. The van der Waals surface area contributed by atoms with Crippen LogP contribution >= 0.6 is 15.9 Å². The van der Waals surface area contributed by atoms with Crippen LogP contribution in [0.1, 0.15) is 10.4 Å². The molecule has 0 bridgehead atoms. The van der Waals surface area contributed by atoms with Gasteiger partial charge in [-0.05, 0) is 46.3 Å². The van der Waals surface area contributed by atoms with Crippen molar-refractivity contribution in [1.82, 2.24) is 4.98 Å². The van der Waals surface area contributed by atoms with Crippen molar-refractivity contribution in [3.8, 4) is 0 Å². The Kier molecular flexibility index (Phi) is 4.54. The van der Waals surface area contributed by atoms with Gasteiger partial charge in [-0.1, -0.05) is 0 Å². The van der Waals surface area contributed by atoms with Crippen LogP contribution < -0.4 is 10.2 Å². The maximum absolute atomic E-state index is 12.2. The zero-order chi connectivity index (χ0) is 15.4. The summed E-state index contributed by atoms with van der Waals surface area (Å²) in [5.41, 5.74) is 1.11. The number of carboxylic acids is 1. The molecule has 1 aromatic heterocycles. The molecule has 2 aromatic rings. The Morgan fingerprint density at radius 2 is 2.10 bits per heavy atom. The molecule has 0 aliphatic carbocycles. The third-order valence-electron chi connectivity index (χ3n) is 2.79. The highest BCUT2D eigenvalue weighted by Crippen LogP contribution is 2.24. The molecule has 2 N–H and O–H groups in total. The molecule has 2 amide bonds. The molecule has 0 spiro atoms. The average Bonchev–Trinajstić information content (AvgIpc) is 2.49. The van der Waals surface area contributed by atoms with E-state index in [0.29, 0.717) is 15.8 Å². The van der Waals surface area contributed by atoms with Gasteiger partial charge in [0, 0.05) is 17.7 Å². The molecule has 21 heavy (non-hydrogen) atoms. The standard InChI is InChI=1S/C14H12BrN3O3/c1-18(10-3-2-6-16-8-10)14(21)17-12-7-9(13(19)20)4-5-11(12)15/h2-8H,1H3,(H,17,21)(H,19,20). The molecule has 0 aliphatic rings. The summed E-state index contributed by atoms with van der Waals surface area (Å²) in [6, 6.07) is 7.48. The van der Waals surface area contributed by atoms with Crippen molar-refractivity contribution in [2.24, 2.45) is 0 Å². The summed E-state index contributed by atoms with van der Waals surface area (Å²) in [6.45, 7) is 0. The number of nitrogens with one attached hydrogen (secondary N) is 1. The van der Waals surface area contributed by atoms with Crippen LogP contribution in [0, 0.1) is 0 Å². The van der Waals surface area contributed by atoms with Gasteiger partial charge in [0.15, 0.2) is 0 Å². The van der Waals surface area contributed by atoms with Gasteiger partial charge in [-0.3, -0.25) is 9.88 Å². The molecule has 0 fully saturated rings. The Hall–Kier alpha value is -2.41. The lowest BCUT2D eigenvalue weighted by molar-refractivity contribution is 0.0697. The zero-order valence-corrected chi connectivity index (χ0v) is 12.7. The van der Waals surface area contributed by atoms with Crippen LogP contribution in [0.25, 0.3) is 0 Å². The van der Waals surface area contributed by atoms with Gasteiger partial charge in [0.25, 0.3) is 0 Å². The van der Waals surface area contributed by atoms with Gasteiger partial charge in [0.1, 0.15) is 0 Å². The normalized spacial score (nSPS) is 10.0. The number of benzene rings is 1. The number of pyridine rings is 1. The molecule has 0 saturated carbocycles. The van der Waals surface area contributed by atoms with Gasteiger partial charge in [0.2, 0.25) is 0 Å². The minimum absolute atomic E-state index is 0.0949. The number of rotatable bonds is 3. The van der Waals surface area contributed by atoms with Crippen LogP contribution in [-0.2, 0) is 0 Å². The number of hydrogen-bond donors (Lipinski definition) is 2. The second kappa shape index (κ2) is 6.36. The molecular weight excluding hydrogens is 338 g/mol. The first-order valence-corrected chi connectivity index (χ1v) is 6.76. The number of urea groups is 1. The van der Waals surface area contributed by atoms with Gasteiger partial charge >= 0.3 is 12.0 Å². The maximum Gasteiger partial charge on any atom is 0.335 e. The van der Waals surface area contributed by atoms with Crippen LogP contribution in [0.3, 0.4) is 0 Å². The Morgan fingerprint density at radius 1 is 1.33 bits per heavy atom. The molecule has 0 aliphatic heterocycles. The number of carboxylic acid groups (broad SMARTS) is 1. The monoisotopic (exact) mass is 349 g/mol. The molecule has 0 radical (unpaired) electrons. The van der Waals surface area contributed by atoms with Crippen molar-refractivity contribution in [2.45, 2.75) is 0 Å². The molecule has 0 unspecified atom stereocenters. The van der Waals surface area contributed by atoms with E-state index in [4.69, 9.17) is 5.11 Å². The van der Waals surface area contributed by atoms with Crippen molar-refractivity contribution >= 4 is 39.3 Å². The fourth-order valence-corrected chi connectivity index (χ4v) is 1.97. The van der Waals surface area contributed by atoms with Crippen molar-refractivity contribution in [3.05, 3.63) is 52.8 Å². The summed E-state index contributed by atoms with van der Waals surface area (Å²) < 4.78 is 0.598. The summed E-state index contributed by atoms with van der Waals surface area (Å²) in [4.78, 5) is 28.4. The Balaban J connectivity index is 2.20. The first-order chi connectivity index (χ1) is 9.99. The van der Waals surface area contributed by atoms with Crippen molar-refractivity contribution in [2.75, 3.05) is 17.3 Å². The summed E-state index contributed by atoms with van der Waals surface area (Å²) >= 11 is 3.27. The molecule has 108 valence electrons. The van der Waals surface area contributed by atoms with Gasteiger partial charge in [0.05, 0.1) is 23.1 Å². The number of nitrogens with zero attached hydrogens (tertiary/aromatic N) is 2. The first-order valence-electron chi connectivity index (χ1n) is 5.96. The fraction of sp³-hybridized carbons (Fsp3) is 0.0714. The summed E-state index contributed by atoms with van der Waals surface area (Å²) in [7, 11) is 1.60. The number of carbonyl (C=O) groups is 2. The highest BCUT2D eigenvalue weighted by atomic mass is 79.9. The van der Waals surface area contributed by atoms with Crippen LogP contribution in [0.2, 0.25) is 0 Å². The maximum atomic E-state index is 12.2. The van der Waals surface area contributed by atoms with Gasteiger partial charge < -0.3 is 10.4 Å². The molecule has 2 rings (SSSR count). The zero-order valence-electron chi connectivity index (χ0n) is 11.1. The minimum atomic E-state index is -1.06. The number of carbonyl (C=O) groups excluding carboxylic acids is 1. The third kappa shape index (κ3) is 3.57. The molecule has 0 saturated heterocycles. The third-order valence-corrected chi connectivity index (χ3v) is 3.48. The summed E-state index contributed by atoms with van der Waals surface area (Å²) in [5.74, 6) is -1.06. The lowest BCUT2D eigenvalue weighted by Gasteiger charge is -2.18. The van der Waals surface area contributed by atoms with Crippen molar-refractivity contribution < 1.29 is 14.7 Å². The number of amides is 2. The Morgan fingerprint density at radius 3 is 2.71 bits per heavy atom. The summed E-state index contributed by atoms with van der Waals surface area (Å²) in [5, 5.41) is 11.6. The molecule has 6 nitrogen and oxygen atoms in total. The molecule has 1 heterocycles. The van der Waals surface area contributed by atoms with Crippen LogP contribution in [0.5, 0.6) is 0 Å². The minimum Gasteiger partial charge on any atom is -0.478 e. The average molecular weight is 350 g/mol. The molecule has 0 atom stereocenters. The second-order valence-corrected chi connectivity index (χ2v) is 5.05. The highest BCUT2D eigenvalue weighted by Gasteiger charge is 2.14. The predicted octanol–water partition coefficient (Wildman–Crippen LogP) is 3.21. The molecule has 7 heteroatoms. The van der Waals surface area contributed by atoms with E-state index in [0.717, 1.165) is 0 Å². The van der Waals surface area contributed by atoms with Crippen LogP contribution in [0.4, 0.5) is 16.2 Å². The topological polar surface area (TPSA) is 82.5 Å². The van der Waals surface area contributed by atoms with E-state index in [2.05, 4.69) is 26.2 Å². The van der Waals surface area contributed by atoms with Crippen molar-refractivity contribution in [1.29, 1.82) is 0 Å². The van der Waals surface area contributed by atoms with Crippen LogP contribution in [0.15, 0.2) is 47.2 Å². The van der Waals surface area contributed by atoms with Gasteiger partial charge in [-0.2, -0.15) is 0 Å². The second-order valence-electron chi connectivity index (χ2n) is 4.20. The summed E-state index contributed by atoms with van der Waals surface area (Å²) in [6.07, 6.45) is 3.17. The smallest absolute Gasteiger partial charge is 0.335 e. The quantitative estimate of drug-likeness (QED) is 0.891. The van der Waals surface area contributed by atoms with Crippen molar-refractivity contribution in [3.63, 3.8) is 0 Å². The number of aromatic carboxylic acids is 1. The fourth-order valence-electron chi connectivity index (χ4n) is 1.62. The van der Waals surface area contributed by atoms with Gasteiger partial charge in [-0.15, -0.1) is 0 Å². The van der Waals surface area contributed by atoms with E-state index < -0.39 is 12.0 Å². The van der Waals surface area contributed by atoms with E-state index in [-0.39, 0.29) is 5.56 Å². The Labute approximate surface area is 129 Å². The molecular formula is C14H12BrN3O3. The lowest BCUT2D eigenvalue weighted by atomic mass is 10.2. The molecule has 1 aromatic carbocycles. The van der Waals surface area contributed by atoms with E-state index >= 15 is 0 Å². The largest absolute Gasteiger partial charge is 0.478 e. The number of hydrogen-bond acceptors (Lipinski definition) is 3. The van der Waals surface area contributed by atoms with E-state index in [1.54, 1.807) is 37.6 Å². The first kappa shape index (κ1) is 15.0. The van der Waals surface area contributed by atoms with E-state index in [1.807, 2.05) is 0 Å². The number of aromatic nitrogens is 1. The number of anilines is 2. The van der Waals surface area contributed by atoms with Crippen LogP contribution in [-0.4, -0.2) is 29.1 Å².